The third kappa shape index (κ3) is 5.67. The van der Waals surface area contributed by atoms with Crippen LogP contribution in [0, 0.1) is 13.8 Å². The van der Waals surface area contributed by atoms with E-state index in [0.29, 0.717) is 32.6 Å². The predicted octanol–water partition coefficient (Wildman–Crippen LogP) is 6.28. The summed E-state index contributed by atoms with van der Waals surface area (Å²) in [6.07, 6.45) is -0.799. The van der Waals surface area contributed by atoms with E-state index in [4.69, 9.17) is 25.8 Å². The van der Waals surface area contributed by atoms with Crippen LogP contribution in [-0.4, -0.2) is 31.7 Å². The summed E-state index contributed by atoms with van der Waals surface area (Å²) in [5, 5.41) is 5.72. The molecule has 8 heteroatoms. The maximum atomic E-state index is 12.9. The minimum Gasteiger partial charge on any atom is -0.497 e. The van der Waals surface area contributed by atoms with Crippen LogP contribution in [0.25, 0.3) is 11.1 Å². The van der Waals surface area contributed by atoms with Gasteiger partial charge in [-0.1, -0.05) is 23.7 Å². The summed E-state index contributed by atoms with van der Waals surface area (Å²) in [4.78, 5) is 25.6. The van der Waals surface area contributed by atoms with Crippen LogP contribution >= 0.6 is 22.9 Å². The predicted molar refractivity (Wildman–Crippen MR) is 132 cm³/mol. The largest absolute Gasteiger partial charge is 0.497 e. The van der Waals surface area contributed by atoms with Gasteiger partial charge in [-0.25, -0.2) is 4.79 Å². The number of halogens is 1. The van der Waals surface area contributed by atoms with Gasteiger partial charge in [-0.05, 0) is 68.7 Å². The number of esters is 1. The Morgan fingerprint density at radius 2 is 1.73 bits per heavy atom. The van der Waals surface area contributed by atoms with E-state index in [1.807, 2.05) is 43.5 Å². The van der Waals surface area contributed by atoms with Gasteiger partial charge in [0.1, 0.15) is 22.1 Å². The van der Waals surface area contributed by atoms with Gasteiger partial charge in [0.25, 0.3) is 5.91 Å². The number of benzene rings is 2. The van der Waals surface area contributed by atoms with Gasteiger partial charge in [-0.2, -0.15) is 0 Å². The number of methoxy groups -OCH3 is 1. The molecule has 0 aliphatic rings. The first-order valence-corrected chi connectivity index (χ1v) is 11.7. The topological polar surface area (TPSA) is 73.9 Å². The minimum atomic E-state index is -0.799. The second kappa shape index (κ2) is 10.7. The van der Waals surface area contributed by atoms with Crippen molar-refractivity contribution < 1.29 is 23.8 Å². The van der Waals surface area contributed by atoms with Crippen molar-refractivity contribution in [1.29, 1.82) is 0 Å². The zero-order valence-electron chi connectivity index (χ0n) is 19.2. The number of amides is 1. The lowest BCUT2D eigenvalue weighted by Gasteiger charge is -2.16. The molecule has 6 nitrogen and oxygen atoms in total. The third-order valence-corrected chi connectivity index (χ3v) is 6.49. The van der Waals surface area contributed by atoms with E-state index >= 15 is 0 Å². The van der Waals surface area contributed by atoms with Crippen LogP contribution in [0.5, 0.6) is 11.5 Å². The molecule has 1 heterocycles. The standard InChI is InChI=1S/C25H26ClNO5S/c1-6-31-25(29)21-20(17-7-9-18(30-5)10-8-17)13-33-24(21)27-23(28)16(4)32-19-11-14(2)22(26)15(3)12-19/h7-13,16H,6H2,1-5H3,(H,27,28). The minimum absolute atomic E-state index is 0.221. The highest BCUT2D eigenvalue weighted by molar-refractivity contribution is 7.15. The van der Waals surface area contributed by atoms with Gasteiger partial charge in [0.15, 0.2) is 6.10 Å². The molecule has 1 atom stereocenters. The molecule has 1 unspecified atom stereocenters. The average molecular weight is 488 g/mol. The molecule has 2 aromatic carbocycles. The van der Waals surface area contributed by atoms with Gasteiger partial charge in [0, 0.05) is 16.0 Å². The summed E-state index contributed by atoms with van der Waals surface area (Å²) in [5.74, 6) is 0.373. The number of thiophene rings is 1. The van der Waals surface area contributed by atoms with Gasteiger partial charge in [0.05, 0.1) is 13.7 Å². The number of ether oxygens (including phenoxy) is 3. The Kier molecular flexibility index (Phi) is 8.00. The summed E-state index contributed by atoms with van der Waals surface area (Å²) in [6.45, 7) is 7.37. The van der Waals surface area contributed by atoms with Crippen LogP contribution in [0.1, 0.15) is 35.3 Å². The van der Waals surface area contributed by atoms with Crippen LogP contribution in [0.4, 0.5) is 5.00 Å². The number of hydrogen-bond donors (Lipinski definition) is 1. The SMILES string of the molecule is CCOC(=O)c1c(-c2ccc(OC)cc2)csc1NC(=O)C(C)Oc1cc(C)c(Cl)c(C)c1. The fraction of sp³-hybridized carbons (Fsp3) is 0.280. The molecule has 0 bridgehead atoms. The highest BCUT2D eigenvalue weighted by Crippen LogP contribution is 2.37. The van der Waals surface area contributed by atoms with Crippen molar-refractivity contribution in [3.05, 3.63) is 63.5 Å². The van der Waals surface area contributed by atoms with Crippen LogP contribution in [0.15, 0.2) is 41.8 Å². The van der Waals surface area contributed by atoms with E-state index < -0.39 is 12.1 Å². The lowest BCUT2D eigenvalue weighted by atomic mass is 10.0. The number of aryl methyl sites for hydroxylation is 2. The van der Waals surface area contributed by atoms with Gasteiger partial charge in [-0.15, -0.1) is 11.3 Å². The van der Waals surface area contributed by atoms with Crippen LogP contribution < -0.4 is 14.8 Å². The number of carbonyl (C=O) groups is 2. The molecule has 0 aliphatic heterocycles. The molecular formula is C25H26ClNO5S. The van der Waals surface area contributed by atoms with Crippen LogP contribution in [0.3, 0.4) is 0 Å². The first-order chi connectivity index (χ1) is 15.7. The summed E-state index contributed by atoms with van der Waals surface area (Å²) < 4.78 is 16.3. The second-order valence-electron chi connectivity index (χ2n) is 7.42. The molecule has 1 aromatic heterocycles. The molecular weight excluding hydrogens is 462 g/mol. The molecule has 1 amide bonds. The molecule has 0 saturated carbocycles. The summed E-state index contributed by atoms with van der Waals surface area (Å²) in [7, 11) is 1.59. The monoisotopic (exact) mass is 487 g/mol. The molecule has 3 aromatic rings. The Morgan fingerprint density at radius 3 is 2.30 bits per heavy atom. The molecule has 0 aliphatic carbocycles. The molecule has 0 saturated heterocycles. The number of nitrogens with one attached hydrogen (secondary N) is 1. The van der Waals surface area contributed by atoms with Crippen molar-refractivity contribution >= 4 is 39.8 Å². The maximum Gasteiger partial charge on any atom is 0.341 e. The lowest BCUT2D eigenvalue weighted by Crippen LogP contribution is -2.30. The highest BCUT2D eigenvalue weighted by Gasteiger charge is 2.25. The van der Waals surface area contributed by atoms with E-state index in [0.717, 1.165) is 16.7 Å². The van der Waals surface area contributed by atoms with Crippen molar-refractivity contribution in [2.45, 2.75) is 33.8 Å². The zero-order valence-corrected chi connectivity index (χ0v) is 20.7. The van der Waals surface area contributed by atoms with Crippen molar-refractivity contribution in [2.75, 3.05) is 19.0 Å². The molecule has 0 spiro atoms. The van der Waals surface area contributed by atoms with E-state index in [1.165, 1.54) is 11.3 Å². The van der Waals surface area contributed by atoms with Crippen molar-refractivity contribution in [1.82, 2.24) is 0 Å². The average Bonchev–Trinajstić information content (AvgIpc) is 3.21. The Hall–Kier alpha value is -3.03. The molecule has 33 heavy (non-hydrogen) atoms. The Bertz CT molecular complexity index is 1130. The number of hydrogen-bond acceptors (Lipinski definition) is 6. The number of anilines is 1. The lowest BCUT2D eigenvalue weighted by molar-refractivity contribution is -0.122. The third-order valence-electron chi connectivity index (χ3n) is 5.00. The summed E-state index contributed by atoms with van der Waals surface area (Å²) in [6, 6.07) is 10.9. The normalized spacial score (nSPS) is 11.6. The van der Waals surface area contributed by atoms with Gasteiger partial charge >= 0.3 is 5.97 Å². The summed E-state index contributed by atoms with van der Waals surface area (Å²) in [5.41, 5.74) is 3.53. The van der Waals surface area contributed by atoms with Crippen molar-refractivity contribution in [2.24, 2.45) is 0 Å². The first-order valence-electron chi connectivity index (χ1n) is 10.4. The Labute approximate surface area is 202 Å². The van der Waals surface area contributed by atoms with Crippen LogP contribution in [0.2, 0.25) is 5.02 Å². The van der Waals surface area contributed by atoms with Crippen molar-refractivity contribution in [3.63, 3.8) is 0 Å². The smallest absolute Gasteiger partial charge is 0.341 e. The summed E-state index contributed by atoms with van der Waals surface area (Å²) >= 11 is 7.47. The van der Waals surface area contributed by atoms with Crippen LogP contribution in [-0.2, 0) is 9.53 Å². The molecule has 1 N–H and O–H groups in total. The molecule has 174 valence electrons. The van der Waals surface area contributed by atoms with E-state index in [9.17, 15) is 9.59 Å². The van der Waals surface area contributed by atoms with Gasteiger partial charge < -0.3 is 19.5 Å². The van der Waals surface area contributed by atoms with E-state index in [1.54, 1.807) is 33.1 Å². The Balaban J connectivity index is 1.85. The Morgan fingerprint density at radius 1 is 1.09 bits per heavy atom. The van der Waals surface area contributed by atoms with Gasteiger partial charge in [0.2, 0.25) is 0 Å². The van der Waals surface area contributed by atoms with E-state index in [2.05, 4.69) is 5.32 Å². The zero-order chi connectivity index (χ0) is 24.1. The fourth-order valence-corrected chi connectivity index (χ4v) is 4.35. The second-order valence-corrected chi connectivity index (χ2v) is 8.68. The maximum absolute atomic E-state index is 12.9. The molecule has 0 radical (unpaired) electrons. The first kappa shape index (κ1) is 24.6. The molecule has 0 fully saturated rings. The van der Waals surface area contributed by atoms with E-state index in [-0.39, 0.29) is 12.5 Å². The molecule has 3 rings (SSSR count). The number of rotatable bonds is 8. The quantitative estimate of drug-likeness (QED) is 0.379. The number of carbonyl (C=O) groups excluding carboxylic acids is 2. The highest BCUT2D eigenvalue weighted by atomic mass is 35.5. The van der Waals surface area contributed by atoms with Crippen molar-refractivity contribution in [3.8, 4) is 22.6 Å². The fourth-order valence-electron chi connectivity index (χ4n) is 3.28. The van der Waals surface area contributed by atoms with Gasteiger partial charge in [-0.3, -0.25) is 4.79 Å².